The highest BCUT2D eigenvalue weighted by Crippen LogP contribution is 2.25. The van der Waals surface area contributed by atoms with Crippen molar-refractivity contribution in [1.29, 1.82) is 0 Å². The second-order valence-corrected chi connectivity index (χ2v) is 7.02. The molecule has 0 atom stereocenters. The van der Waals surface area contributed by atoms with Crippen molar-refractivity contribution in [3.05, 3.63) is 40.9 Å². The molecule has 1 heterocycles. The highest BCUT2D eigenvalue weighted by Gasteiger charge is 2.27. The lowest BCUT2D eigenvalue weighted by atomic mass is 9.92. The first-order valence-corrected chi connectivity index (χ1v) is 8.26. The maximum absolute atomic E-state index is 12.6. The number of aliphatic hydroxyl groups excluding tert-OH is 2. The van der Waals surface area contributed by atoms with E-state index in [0.29, 0.717) is 5.56 Å². The van der Waals surface area contributed by atoms with Gasteiger partial charge in [-0.1, -0.05) is 19.1 Å². The zero-order valence-corrected chi connectivity index (χ0v) is 14.4. The normalized spacial score (nSPS) is 11.5. The SMILES string of the molecule is Cc1csc(-c2cccc(C(=O)N(C)CC(C)(CO)CO)c2)n1. The Bertz CT molecular complexity index is 680. The predicted molar refractivity (Wildman–Crippen MR) is 91.5 cm³/mol. The summed E-state index contributed by atoms with van der Waals surface area (Å²) in [5, 5.41) is 21.6. The summed E-state index contributed by atoms with van der Waals surface area (Å²) < 4.78 is 0. The number of rotatable bonds is 6. The summed E-state index contributed by atoms with van der Waals surface area (Å²) in [6, 6.07) is 7.36. The number of carbonyl (C=O) groups excluding carboxylic acids is 1. The van der Waals surface area contributed by atoms with Gasteiger partial charge < -0.3 is 15.1 Å². The Labute approximate surface area is 140 Å². The van der Waals surface area contributed by atoms with E-state index in [1.54, 1.807) is 31.4 Å². The summed E-state index contributed by atoms with van der Waals surface area (Å²) in [5.74, 6) is -0.145. The molecule has 124 valence electrons. The monoisotopic (exact) mass is 334 g/mol. The van der Waals surface area contributed by atoms with Gasteiger partial charge in [0.1, 0.15) is 5.01 Å². The zero-order valence-electron chi connectivity index (χ0n) is 13.6. The number of amides is 1. The van der Waals surface area contributed by atoms with Gasteiger partial charge in [0.05, 0.1) is 13.2 Å². The number of aliphatic hydroxyl groups is 2. The molecular formula is C17H22N2O3S. The van der Waals surface area contributed by atoms with Crippen LogP contribution >= 0.6 is 11.3 Å². The second-order valence-electron chi connectivity index (χ2n) is 6.16. The molecule has 23 heavy (non-hydrogen) atoms. The molecule has 0 unspecified atom stereocenters. The molecule has 0 saturated heterocycles. The first kappa shape index (κ1) is 17.6. The molecule has 6 heteroatoms. The topological polar surface area (TPSA) is 73.7 Å². The summed E-state index contributed by atoms with van der Waals surface area (Å²) >= 11 is 1.55. The maximum atomic E-state index is 12.6. The van der Waals surface area contributed by atoms with E-state index in [0.717, 1.165) is 16.3 Å². The molecule has 2 aromatic rings. The van der Waals surface area contributed by atoms with E-state index in [9.17, 15) is 15.0 Å². The van der Waals surface area contributed by atoms with Crippen LogP contribution in [0, 0.1) is 12.3 Å². The van der Waals surface area contributed by atoms with E-state index in [2.05, 4.69) is 4.98 Å². The summed E-state index contributed by atoms with van der Waals surface area (Å²) in [5.41, 5.74) is 1.72. The molecule has 1 aromatic carbocycles. The van der Waals surface area contributed by atoms with Crippen molar-refractivity contribution in [3.8, 4) is 10.6 Å². The lowest BCUT2D eigenvalue weighted by molar-refractivity contribution is 0.0366. The van der Waals surface area contributed by atoms with Gasteiger partial charge in [0.25, 0.3) is 5.91 Å². The Kier molecular flexibility index (Phi) is 5.51. The third-order valence-electron chi connectivity index (χ3n) is 3.70. The molecule has 5 nitrogen and oxygen atoms in total. The highest BCUT2D eigenvalue weighted by molar-refractivity contribution is 7.13. The van der Waals surface area contributed by atoms with Gasteiger partial charge in [-0.25, -0.2) is 4.98 Å². The van der Waals surface area contributed by atoms with E-state index in [1.165, 1.54) is 4.90 Å². The van der Waals surface area contributed by atoms with Crippen LogP contribution in [0.5, 0.6) is 0 Å². The molecule has 2 N–H and O–H groups in total. The largest absolute Gasteiger partial charge is 0.396 e. The first-order chi connectivity index (χ1) is 10.9. The lowest BCUT2D eigenvalue weighted by Gasteiger charge is -2.30. The van der Waals surface area contributed by atoms with Gasteiger partial charge in [0.2, 0.25) is 0 Å². The van der Waals surface area contributed by atoms with E-state index in [4.69, 9.17) is 0 Å². The van der Waals surface area contributed by atoms with E-state index >= 15 is 0 Å². The fourth-order valence-corrected chi connectivity index (χ4v) is 3.08. The van der Waals surface area contributed by atoms with Gasteiger partial charge in [-0.3, -0.25) is 4.79 Å². The third kappa shape index (κ3) is 4.16. The van der Waals surface area contributed by atoms with Crippen LogP contribution in [0.2, 0.25) is 0 Å². The van der Waals surface area contributed by atoms with E-state index < -0.39 is 5.41 Å². The molecule has 0 fully saturated rings. The molecule has 0 aliphatic carbocycles. The Balaban J connectivity index is 2.19. The number of hydrogen-bond donors (Lipinski definition) is 2. The number of benzene rings is 1. The molecule has 0 bridgehead atoms. The van der Waals surface area contributed by atoms with Gasteiger partial charge >= 0.3 is 0 Å². The highest BCUT2D eigenvalue weighted by atomic mass is 32.1. The predicted octanol–water partition coefficient (Wildman–Crippen LogP) is 2.18. The van der Waals surface area contributed by atoms with Crippen LogP contribution in [-0.2, 0) is 0 Å². The Morgan fingerprint density at radius 1 is 1.35 bits per heavy atom. The van der Waals surface area contributed by atoms with Crippen LogP contribution in [0.4, 0.5) is 0 Å². The van der Waals surface area contributed by atoms with Crippen molar-refractivity contribution in [1.82, 2.24) is 9.88 Å². The molecule has 1 amide bonds. The standard InChI is InChI=1S/C17H22N2O3S/c1-12-8-23-15(18-12)13-5-4-6-14(7-13)16(22)19(3)9-17(2,10-20)11-21/h4-8,20-21H,9-11H2,1-3H3. The number of hydrogen-bond acceptors (Lipinski definition) is 5. The minimum atomic E-state index is -0.714. The third-order valence-corrected chi connectivity index (χ3v) is 4.71. The van der Waals surface area contributed by atoms with Crippen LogP contribution in [-0.4, -0.2) is 52.8 Å². The van der Waals surface area contributed by atoms with Crippen LogP contribution in [0.15, 0.2) is 29.6 Å². The summed E-state index contributed by atoms with van der Waals surface area (Å²) in [6.07, 6.45) is 0. The molecular weight excluding hydrogens is 312 g/mol. The van der Waals surface area contributed by atoms with Gasteiger partial charge in [-0.2, -0.15) is 0 Å². The fraction of sp³-hybridized carbons (Fsp3) is 0.412. The molecule has 0 aliphatic rings. The molecule has 0 spiro atoms. The van der Waals surface area contributed by atoms with Gasteiger partial charge in [-0.05, 0) is 19.1 Å². The number of thiazole rings is 1. The quantitative estimate of drug-likeness (QED) is 0.849. The molecule has 2 rings (SSSR count). The van der Waals surface area contributed by atoms with Gasteiger partial charge in [0, 0.05) is 41.2 Å². The van der Waals surface area contributed by atoms with E-state index in [-0.39, 0.29) is 25.7 Å². The number of carbonyl (C=O) groups is 1. The van der Waals surface area contributed by atoms with Crippen molar-refractivity contribution < 1.29 is 15.0 Å². The second kappa shape index (κ2) is 7.21. The minimum absolute atomic E-state index is 0.145. The molecule has 0 aliphatic heterocycles. The van der Waals surface area contributed by atoms with Gasteiger partial charge in [-0.15, -0.1) is 11.3 Å². The van der Waals surface area contributed by atoms with Crippen LogP contribution in [0.3, 0.4) is 0 Å². The smallest absolute Gasteiger partial charge is 0.253 e. The number of aryl methyl sites for hydroxylation is 1. The van der Waals surface area contributed by atoms with Crippen LogP contribution < -0.4 is 0 Å². The van der Waals surface area contributed by atoms with Crippen LogP contribution in [0.1, 0.15) is 23.0 Å². The number of nitrogens with zero attached hydrogens (tertiary/aromatic N) is 2. The van der Waals surface area contributed by atoms with E-state index in [1.807, 2.05) is 30.5 Å². The Hall–Kier alpha value is -1.76. The number of aromatic nitrogens is 1. The van der Waals surface area contributed by atoms with Crippen molar-refractivity contribution in [3.63, 3.8) is 0 Å². The summed E-state index contributed by atoms with van der Waals surface area (Å²) in [4.78, 5) is 18.6. The average molecular weight is 334 g/mol. The molecule has 0 saturated carbocycles. The summed E-state index contributed by atoms with van der Waals surface area (Å²) in [7, 11) is 1.67. The Morgan fingerprint density at radius 2 is 2.04 bits per heavy atom. The van der Waals surface area contributed by atoms with Crippen molar-refractivity contribution in [2.45, 2.75) is 13.8 Å². The van der Waals surface area contributed by atoms with Crippen molar-refractivity contribution in [2.75, 3.05) is 26.8 Å². The fourth-order valence-electron chi connectivity index (χ4n) is 2.29. The van der Waals surface area contributed by atoms with Crippen LogP contribution in [0.25, 0.3) is 10.6 Å². The minimum Gasteiger partial charge on any atom is -0.396 e. The zero-order chi connectivity index (χ0) is 17.0. The van der Waals surface area contributed by atoms with Crippen molar-refractivity contribution in [2.24, 2.45) is 5.41 Å². The maximum Gasteiger partial charge on any atom is 0.253 e. The molecule has 0 radical (unpaired) electrons. The Morgan fingerprint density at radius 3 is 2.61 bits per heavy atom. The van der Waals surface area contributed by atoms with Gasteiger partial charge in [0.15, 0.2) is 0 Å². The van der Waals surface area contributed by atoms with Crippen molar-refractivity contribution >= 4 is 17.2 Å². The lowest BCUT2D eigenvalue weighted by Crippen LogP contribution is -2.41. The molecule has 1 aromatic heterocycles. The summed E-state index contributed by atoms with van der Waals surface area (Å²) in [6.45, 7) is 3.59. The first-order valence-electron chi connectivity index (χ1n) is 7.38. The average Bonchev–Trinajstić information content (AvgIpc) is 3.00.